The predicted molar refractivity (Wildman–Crippen MR) is 75.1 cm³/mol. The molecule has 1 fully saturated rings. The molecule has 104 valence electrons. The molecule has 1 aromatic rings. The SMILES string of the molecule is Cc1cc(C(=O)NCC2CCCCC2Cl)ccc1F. The van der Waals surface area contributed by atoms with E-state index < -0.39 is 0 Å². The molecule has 1 aromatic carbocycles. The second-order valence-corrected chi connectivity index (χ2v) is 5.80. The third kappa shape index (κ3) is 3.69. The number of halogens is 2. The van der Waals surface area contributed by atoms with Gasteiger partial charge in [-0.25, -0.2) is 4.39 Å². The number of rotatable bonds is 3. The summed E-state index contributed by atoms with van der Waals surface area (Å²) in [6, 6.07) is 4.41. The van der Waals surface area contributed by atoms with Crippen molar-refractivity contribution >= 4 is 17.5 Å². The molecule has 2 unspecified atom stereocenters. The lowest BCUT2D eigenvalue weighted by Crippen LogP contribution is -2.34. The van der Waals surface area contributed by atoms with Crippen LogP contribution in [0.15, 0.2) is 18.2 Å². The van der Waals surface area contributed by atoms with E-state index in [0.29, 0.717) is 23.6 Å². The van der Waals surface area contributed by atoms with Crippen LogP contribution in [0, 0.1) is 18.7 Å². The van der Waals surface area contributed by atoms with Crippen LogP contribution in [0.2, 0.25) is 0 Å². The normalized spacial score (nSPS) is 23.1. The van der Waals surface area contributed by atoms with Gasteiger partial charge in [-0.05, 0) is 49.4 Å². The molecule has 0 spiro atoms. The first-order valence-electron chi connectivity index (χ1n) is 6.76. The molecular formula is C15H19ClFNO. The van der Waals surface area contributed by atoms with Crippen molar-refractivity contribution in [2.75, 3.05) is 6.54 Å². The third-order valence-corrected chi connectivity index (χ3v) is 4.34. The Morgan fingerprint density at radius 2 is 2.16 bits per heavy atom. The zero-order valence-electron chi connectivity index (χ0n) is 11.1. The zero-order chi connectivity index (χ0) is 13.8. The van der Waals surface area contributed by atoms with Crippen LogP contribution in [0.5, 0.6) is 0 Å². The molecule has 0 aliphatic heterocycles. The average Bonchev–Trinajstić information content (AvgIpc) is 2.40. The topological polar surface area (TPSA) is 29.1 Å². The number of benzene rings is 1. The maximum absolute atomic E-state index is 13.1. The number of carbonyl (C=O) groups is 1. The molecule has 4 heteroatoms. The van der Waals surface area contributed by atoms with E-state index in [4.69, 9.17) is 11.6 Å². The van der Waals surface area contributed by atoms with Gasteiger partial charge in [-0.2, -0.15) is 0 Å². The van der Waals surface area contributed by atoms with Crippen molar-refractivity contribution in [1.82, 2.24) is 5.32 Å². The number of nitrogens with one attached hydrogen (secondary N) is 1. The first-order chi connectivity index (χ1) is 9.08. The molecule has 0 radical (unpaired) electrons. The Morgan fingerprint density at radius 3 is 2.84 bits per heavy atom. The van der Waals surface area contributed by atoms with Crippen molar-refractivity contribution in [3.63, 3.8) is 0 Å². The van der Waals surface area contributed by atoms with E-state index in [1.54, 1.807) is 13.0 Å². The molecule has 0 heterocycles. The summed E-state index contributed by atoms with van der Waals surface area (Å²) < 4.78 is 13.1. The average molecular weight is 284 g/mol. The summed E-state index contributed by atoms with van der Waals surface area (Å²) in [5, 5.41) is 3.06. The maximum atomic E-state index is 13.1. The molecule has 2 atom stereocenters. The first-order valence-corrected chi connectivity index (χ1v) is 7.20. The van der Waals surface area contributed by atoms with E-state index >= 15 is 0 Å². The Bertz CT molecular complexity index is 463. The molecular weight excluding hydrogens is 265 g/mol. The van der Waals surface area contributed by atoms with E-state index in [1.807, 2.05) is 0 Å². The van der Waals surface area contributed by atoms with Gasteiger partial charge in [0, 0.05) is 17.5 Å². The van der Waals surface area contributed by atoms with Crippen molar-refractivity contribution in [2.45, 2.75) is 38.0 Å². The molecule has 1 amide bonds. The van der Waals surface area contributed by atoms with Gasteiger partial charge < -0.3 is 5.32 Å². The number of carbonyl (C=O) groups excluding carboxylic acids is 1. The second-order valence-electron chi connectivity index (χ2n) is 5.23. The third-order valence-electron chi connectivity index (χ3n) is 3.76. The molecule has 1 N–H and O–H groups in total. The van der Waals surface area contributed by atoms with E-state index in [0.717, 1.165) is 12.8 Å². The van der Waals surface area contributed by atoms with Crippen LogP contribution in [0.3, 0.4) is 0 Å². The van der Waals surface area contributed by atoms with Gasteiger partial charge in [0.2, 0.25) is 0 Å². The highest BCUT2D eigenvalue weighted by Crippen LogP contribution is 2.28. The Kier molecular flexibility index (Phi) is 4.81. The standard InChI is InChI=1S/C15H19ClFNO/c1-10-8-11(6-7-14(10)17)15(19)18-9-12-4-2-3-5-13(12)16/h6-8,12-13H,2-5,9H2,1H3,(H,18,19). The minimum Gasteiger partial charge on any atom is -0.352 e. The van der Waals surface area contributed by atoms with Crippen molar-refractivity contribution in [3.8, 4) is 0 Å². The number of alkyl halides is 1. The molecule has 19 heavy (non-hydrogen) atoms. The molecule has 1 saturated carbocycles. The largest absolute Gasteiger partial charge is 0.352 e. The van der Waals surface area contributed by atoms with Crippen LogP contribution >= 0.6 is 11.6 Å². The molecule has 2 rings (SSSR count). The first kappa shape index (κ1) is 14.3. The van der Waals surface area contributed by atoms with Crippen LogP contribution in [-0.4, -0.2) is 17.8 Å². The minimum atomic E-state index is -0.287. The Balaban J connectivity index is 1.91. The molecule has 2 nitrogen and oxygen atoms in total. The number of amides is 1. The summed E-state index contributed by atoms with van der Waals surface area (Å²) in [6.45, 7) is 2.26. The molecule has 0 saturated heterocycles. The van der Waals surface area contributed by atoms with E-state index in [2.05, 4.69) is 5.32 Å². The fourth-order valence-electron chi connectivity index (χ4n) is 2.50. The van der Waals surface area contributed by atoms with Gasteiger partial charge in [0.25, 0.3) is 5.91 Å². The van der Waals surface area contributed by atoms with E-state index in [-0.39, 0.29) is 17.1 Å². The van der Waals surface area contributed by atoms with Gasteiger partial charge in [-0.15, -0.1) is 11.6 Å². The highest BCUT2D eigenvalue weighted by atomic mass is 35.5. The van der Waals surface area contributed by atoms with Crippen LogP contribution in [0.25, 0.3) is 0 Å². The predicted octanol–water partition coefficient (Wildman–Crippen LogP) is 3.66. The Labute approximate surface area is 118 Å². The summed E-state index contributed by atoms with van der Waals surface area (Å²) in [6.07, 6.45) is 4.45. The van der Waals surface area contributed by atoms with Crippen LogP contribution in [0.1, 0.15) is 41.6 Å². The lowest BCUT2D eigenvalue weighted by atomic mass is 9.88. The number of hydrogen-bond donors (Lipinski definition) is 1. The summed E-state index contributed by atoms with van der Waals surface area (Å²) >= 11 is 6.26. The lowest BCUT2D eigenvalue weighted by Gasteiger charge is -2.27. The number of aryl methyl sites for hydroxylation is 1. The zero-order valence-corrected chi connectivity index (χ0v) is 11.8. The van der Waals surface area contributed by atoms with Gasteiger partial charge in [0.05, 0.1) is 0 Å². The van der Waals surface area contributed by atoms with Gasteiger partial charge >= 0.3 is 0 Å². The maximum Gasteiger partial charge on any atom is 0.251 e. The van der Waals surface area contributed by atoms with E-state index in [1.165, 1.54) is 25.0 Å². The lowest BCUT2D eigenvalue weighted by molar-refractivity contribution is 0.0944. The van der Waals surface area contributed by atoms with Crippen molar-refractivity contribution in [3.05, 3.63) is 35.1 Å². The van der Waals surface area contributed by atoms with Gasteiger partial charge in [0.15, 0.2) is 0 Å². The number of hydrogen-bond acceptors (Lipinski definition) is 1. The Morgan fingerprint density at radius 1 is 1.42 bits per heavy atom. The van der Waals surface area contributed by atoms with Gasteiger partial charge in [0.1, 0.15) is 5.82 Å². The summed E-state index contributed by atoms with van der Waals surface area (Å²) in [5.41, 5.74) is 0.987. The van der Waals surface area contributed by atoms with Crippen molar-refractivity contribution in [2.24, 2.45) is 5.92 Å². The van der Waals surface area contributed by atoms with Gasteiger partial charge in [-0.3, -0.25) is 4.79 Å². The smallest absolute Gasteiger partial charge is 0.251 e. The fourth-order valence-corrected chi connectivity index (χ4v) is 2.87. The van der Waals surface area contributed by atoms with Crippen LogP contribution < -0.4 is 5.32 Å². The fraction of sp³-hybridized carbons (Fsp3) is 0.533. The molecule has 1 aliphatic rings. The van der Waals surface area contributed by atoms with Crippen molar-refractivity contribution < 1.29 is 9.18 Å². The van der Waals surface area contributed by atoms with Crippen LogP contribution in [-0.2, 0) is 0 Å². The quantitative estimate of drug-likeness (QED) is 0.843. The molecule has 0 bridgehead atoms. The van der Waals surface area contributed by atoms with Crippen LogP contribution in [0.4, 0.5) is 4.39 Å². The molecule has 1 aliphatic carbocycles. The highest BCUT2D eigenvalue weighted by molar-refractivity contribution is 6.20. The summed E-state index contributed by atoms with van der Waals surface area (Å²) in [4.78, 5) is 12.0. The van der Waals surface area contributed by atoms with E-state index in [9.17, 15) is 9.18 Å². The summed E-state index contributed by atoms with van der Waals surface area (Å²) in [7, 11) is 0. The van der Waals surface area contributed by atoms with Crippen molar-refractivity contribution in [1.29, 1.82) is 0 Å². The monoisotopic (exact) mass is 283 g/mol. The summed E-state index contributed by atoms with van der Waals surface area (Å²) in [5.74, 6) is -0.0943. The molecule has 0 aromatic heterocycles. The second kappa shape index (κ2) is 6.38. The minimum absolute atomic E-state index is 0.155. The highest BCUT2D eigenvalue weighted by Gasteiger charge is 2.23. The van der Waals surface area contributed by atoms with Gasteiger partial charge in [-0.1, -0.05) is 12.8 Å². The Hall–Kier alpha value is -1.09.